The van der Waals surface area contributed by atoms with Crippen molar-refractivity contribution >= 4 is 35.8 Å². The maximum absolute atomic E-state index is 12.2. The summed E-state index contributed by atoms with van der Waals surface area (Å²) in [4.78, 5) is 21.1. The predicted molar refractivity (Wildman–Crippen MR) is 137 cm³/mol. The van der Waals surface area contributed by atoms with Crippen molar-refractivity contribution in [3.05, 3.63) is 35.9 Å². The smallest absolute Gasteiger partial charge is 0.225 e. The third-order valence-electron chi connectivity index (χ3n) is 5.71. The molecule has 0 radical (unpaired) electrons. The van der Waals surface area contributed by atoms with E-state index in [0.717, 1.165) is 51.5 Å². The second-order valence-corrected chi connectivity index (χ2v) is 8.09. The number of halogens is 1. The van der Waals surface area contributed by atoms with E-state index in [1.165, 1.54) is 5.56 Å². The van der Waals surface area contributed by atoms with Gasteiger partial charge in [0, 0.05) is 44.7 Å². The maximum Gasteiger partial charge on any atom is 0.225 e. The Kier molecular flexibility index (Phi) is 12.3. The molecule has 1 amide bonds. The molecule has 1 saturated heterocycles. The molecule has 2 rings (SSSR count). The summed E-state index contributed by atoms with van der Waals surface area (Å²) in [5.74, 6) is 1.11. The molecule has 1 heterocycles. The summed E-state index contributed by atoms with van der Waals surface area (Å²) in [5, 5.41) is 7.04. The van der Waals surface area contributed by atoms with E-state index < -0.39 is 0 Å². The van der Waals surface area contributed by atoms with Gasteiger partial charge in [0.25, 0.3) is 0 Å². The zero-order valence-corrected chi connectivity index (χ0v) is 21.6. The van der Waals surface area contributed by atoms with Crippen LogP contribution in [0.1, 0.15) is 39.7 Å². The third-order valence-corrected chi connectivity index (χ3v) is 5.71. The largest absolute Gasteiger partial charge is 0.355 e. The highest BCUT2D eigenvalue weighted by Crippen LogP contribution is 2.13. The van der Waals surface area contributed by atoms with Crippen LogP contribution in [0.25, 0.3) is 0 Å². The van der Waals surface area contributed by atoms with Crippen molar-refractivity contribution in [2.24, 2.45) is 10.9 Å². The number of nitrogens with zero attached hydrogens (tertiary/aromatic N) is 3. The van der Waals surface area contributed by atoms with Crippen LogP contribution in [-0.2, 0) is 11.2 Å². The van der Waals surface area contributed by atoms with Gasteiger partial charge in [0.2, 0.25) is 5.91 Å². The first kappa shape index (κ1) is 26.7. The molecule has 1 aliphatic rings. The molecule has 0 bridgehead atoms. The van der Waals surface area contributed by atoms with Gasteiger partial charge in [0.1, 0.15) is 0 Å². The molecule has 7 heteroatoms. The van der Waals surface area contributed by atoms with Crippen LogP contribution >= 0.6 is 24.0 Å². The van der Waals surface area contributed by atoms with Crippen molar-refractivity contribution in [3.8, 4) is 0 Å². The number of likely N-dealkylation sites (tertiary alicyclic amines) is 1. The van der Waals surface area contributed by atoms with E-state index in [0.29, 0.717) is 6.04 Å². The first-order valence-electron chi connectivity index (χ1n) is 11.0. The molecule has 0 saturated carbocycles. The molecule has 2 unspecified atom stereocenters. The highest BCUT2D eigenvalue weighted by Gasteiger charge is 2.28. The van der Waals surface area contributed by atoms with Crippen LogP contribution in [0, 0.1) is 5.92 Å². The first-order valence-corrected chi connectivity index (χ1v) is 11.0. The Morgan fingerprint density at radius 2 is 1.90 bits per heavy atom. The van der Waals surface area contributed by atoms with E-state index in [2.05, 4.69) is 64.7 Å². The predicted octanol–water partition coefficient (Wildman–Crippen LogP) is 2.98. The molecule has 1 fully saturated rings. The number of benzene rings is 1. The summed E-state index contributed by atoms with van der Waals surface area (Å²) in [6.45, 7) is 12.8. The quantitative estimate of drug-likeness (QED) is 0.294. The zero-order valence-electron chi connectivity index (χ0n) is 19.2. The van der Waals surface area contributed by atoms with Gasteiger partial charge in [-0.15, -0.1) is 24.0 Å². The number of guanidine groups is 1. The molecular weight excluding hydrogens is 489 g/mol. The molecule has 1 aromatic carbocycles. The Morgan fingerprint density at radius 3 is 2.47 bits per heavy atom. The van der Waals surface area contributed by atoms with E-state index >= 15 is 0 Å². The van der Waals surface area contributed by atoms with Gasteiger partial charge < -0.3 is 15.5 Å². The monoisotopic (exact) mass is 529 g/mol. The summed E-state index contributed by atoms with van der Waals surface area (Å²) in [5.41, 5.74) is 1.35. The van der Waals surface area contributed by atoms with Crippen LogP contribution in [0.15, 0.2) is 35.3 Å². The molecule has 0 aliphatic carbocycles. The SMILES string of the molecule is CCN(CC)C(CNC(=NC)NC1CCN(C(=O)C(C)C)C1)Cc1ccccc1.I. The van der Waals surface area contributed by atoms with Crippen molar-refractivity contribution in [2.75, 3.05) is 39.8 Å². The zero-order chi connectivity index (χ0) is 21.2. The fourth-order valence-corrected chi connectivity index (χ4v) is 4.00. The molecule has 2 atom stereocenters. The average molecular weight is 530 g/mol. The Labute approximate surface area is 199 Å². The molecule has 170 valence electrons. The molecular formula is C23H40IN5O. The van der Waals surface area contributed by atoms with Gasteiger partial charge in [-0.05, 0) is 31.5 Å². The van der Waals surface area contributed by atoms with Gasteiger partial charge in [-0.1, -0.05) is 58.0 Å². The lowest BCUT2D eigenvalue weighted by molar-refractivity contribution is -0.133. The number of hydrogen-bond acceptors (Lipinski definition) is 3. The molecule has 1 aromatic rings. The molecule has 1 aliphatic heterocycles. The number of amides is 1. The highest BCUT2D eigenvalue weighted by molar-refractivity contribution is 14.0. The first-order chi connectivity index (χ1) is 14.0. The van der Waals surface area contributed by atoms with Crippen molar-refractivity contribution in [1.29, 1.82) is 0 Å². The minimum absolute atomic E-state index is 0. The van der Waals surface area contributed by atoms with Gasteiger partial charge in [-0.25, -0.2) is 0 Å². The van der Waals surface area contributed by atoms with Crippen LogP contribution < -0.4 is 10.6 Å². The lowest BCUT2D eigenvalue weighted by atomic mass is 10.0. The van der Waals surface area contributed by atoms with Gasteiger partial charge >= 0.3 is 0 Å². The van der Waals surface area contributed by atoms with Gasteiger partial charge in [-0.3, -0.25) is 14.7 Å². The summed E-state index contributed by atoms with van der Waals surface area (Å²) >= 11 is 0. The summed E-state index contributed by atoms with van der Waals surface area (Å²) < 4.78 is 0. The minimum atomic E-state index is 0. The average Bonchev–Trinajstić information content (AvgIpc) is 3.20. The lowest BCUT2D eigenvalue weighted by Crippen LogP contribution is -2.50. The maximum atomic E-state index is 12.2. The van der Waals surface area contributed by atoms with Crippen LogP contribution in [0.5, 0.6) is 0 Å². The van der Waals surface area contributed by atoms with Crippen LogP contribution in [0.2, 0.25) is 0 Å². The lowest BCUT2D eigenvalue weighted by Gasteiger charge is -2.31. The molecule has 30 heavy (non-hydrogen) atoms. The number of nitrogens with one attached hydrogen (secondary N) is 2. The summed E-state index contributed by atoms with van der Waals surface area (Å²) in [6.07, 6.45) is 1.97. The third kappa shape index (κ3) is 8.06. The van der Waals surface area contributed by atoms with E-state index in [1.807, 2.05) is 25.8 Å². The number of hydrogen-bond donors (Lipinski definition) is 2. The minimum Gasteiger partial charge on any atom is -0.355 e. The van der Waals surface area contributed by atoms with Crippen LogP contribution in [0.3, 0.4) is 0 Å². The number of carbonyl (C=O) groups excluding carboxylic acids is 1. The standard InChI is InChI=1S/C23H39N5O.HI/c1-6-27(7-2)21(15-19-11-9-8-10-12-19)16-25-23(24-5)26-20-13-14-28(17-20)22(29)18(3)4;/h8-12,18,20-21H,6-7,13-17H2,1-5H3,(H2,24,25,26);1H. The highest BCUT2D eigenvalue weighted by atomic mass is 127. The number of aliphatic imine (C=N–C) groups is 1. The van der Waals surface area contributed by atoms with Crippen molar-refractivity contribution < 1.29 is 4.79 Å². The molecule has 0 aromatic heterocycles. The molecule has 0 spiro atoms. The van der Waals surface area contributed by atoms with E-state index in [4.69, 9.17) is 0 Å². The van der Waals surface area contributed by atoms with E-state index in [-0.39, 0.29) is 41.8 Å². The fraction of sp³-hybridized carbons (Fsp3) is 0.652. The van der Waals surface area contributed by atoms with Crippen molar-refractivity contribution in [2.45, 2.75) is 52.6 Å². The Hall–Kier alpha value is -1.35. The molecule has 6 nitrogen and oxygen atoms in total. The Bertz CT molecular complexity index is 648. The fourth-order valence-electron chi connectivity index (χ4n) is 4.00. The Balaban J connectivity index is 0.00000450. The number of carbonyl (C=O) groups is 1. The van der Waals surface area contributed by atoms with E-state index in [1.54, 1.807) is 0 Å². The van der Waals surface area contributed by atoms with E-state index in [9.17, 15) is 4.79 Å². The van der Waals surface area contributed by atoms with Crippen LogP contribution in [0.4, 0.5) is 0 Å². The second kappa shape index (κ2) is 13.9. The van der Waals surface area contributed by atoms with Gasteiger partial charge in [0.15, 0.2) is 5.96 Å². The van der Waals surface area contributed by atoms with Gasteiger partial charge in [0.05, 0.1) is 0 Å². The Morgan fingerprint density at radius 1 is 1.23 bits per heavy atom. The normalized spacial score (nSPS) is 17.8. The summed E-state index contributed by atoms with van der Waals surface area (Å²) in [7, 11) is 1.81. The second-order valence-electron chi connectivity index (χ2n) is 8.09. The number of likely N-dealkylation sites (N-methyl/N-ethyl adjacent to an activating group) is 1. The topological polar surface area (TPSA) is 60.0 Å². The van der Waals surface area contributed by atoms with Crippen LogP contribution in [-0.4, -0.2) is 73.5 Å². The number of rotatable bonds is 9. The van der Waals surface area contributed by atoms with Gasteiger partial charge in [-0.2, -0.15) is 0 Å². The van der Waals surface area contributed by atoms with Crippen molar-refractivity contribution in [3.63, 3.8) is 0 Å². The molecule has 2 N–H and O–H groups in total. The summed E-state index contributed by atoms with van der Waals surface area (Å²) in [6, 6.07) is 11.3. The van der Waals surface area contributed by atoms with Crippen molar-refractivity contribution in [1.82, 2.24) is 20.4 Å².